The number of fused-ring (bicyclic) bond motifs is 1. The molecule has 0 bridgehead atoms. The summed E-state index contributed by atoms with van der Waals surface area (Å²) in [7, 11) is 0. The molecule has 1 unspecified atom stereocenters. The number of aromatic nitrogens is 1. The van der Waals surface area contributed by atoms with Crippen LogP contribution in [0.1, 0.15) is 39.3 Å². The van der Waals surface area contributed by atoms with E-state index in [2.05, 4.69) is 15.5 Å². The van der Waals surface area contributed by atoms with Crippen LogP contribution in [0.25, 0.3) is 0 Å². The minimum absolute atomic E-state index is 0.00297. The third-order valence-corrected chi connectivity index (χ3v) is 9.99. The van der Waals surface area contributed by atoms with Crippen LogP contribution in [0.4, 0.5) is 5.13 Å². The number of amides is 2. The first-order valence-corrected chi connectivity index (χ1v) is 15.5. The van der Waals surface area contributed by atoms with E-state index >= 15 is 0 Å². The van der Waals surface area contributed by atoms with Gasteiger partial charge in [0.15, 0.2) is 15.7 Å². The molecule has 2 atom stereocenters. The van der Waals surface area contributed by atoms with Crippen molar-refractivity contribution in [3.8, 4) is 0 Å². The number of nitrogens with zero attached hydrogens (tertiary/aromatic N) is 3. The second kappa shape index (κ2) is 12.0. The van der Waals surface area contributed by atoms with Gasteiger partial charge >= 0.3 is 11.9 Å². The van der Waals surface area contributed by atoms with Gasteiger partial charge < -0.3 is 30.5 Å². The molecular formula is C24H31N5O8S3. The Balaban J connectivity index is 1.59. The largest absolute Gasteiger partial charge is 0.427 e. The number of β-lactam (4-membered cyclic amide) rings is 1. The van der Waals surface area contributed by atoms with Crippen molar-refractivity contribution in [1.82, 2.24) is 15.2 Å². The Morgan fingerprint density at radius 2 is 2.02 bits per heavy atom. The van der Waals surface area contributed by atoms with E-state index in [0.29, 0.717) is 31.8 Å². The molecule has 3 aliphatic rings. The Bertz CT molecular complexity index is 1250. The first kappa shape index (κ1) is 30.1. The maximum Gasteiger partial charge on any atom is 0.357 e. The molecule has 2 amide bonds. The summed E-state index contributed by atoms with van der Waals surface area (Å²) in [4.78, 5) is 56.3. The molecule has 1 aromatic rings. The Kier molecular flexibility index (Phi) is 9.02. The fourth-order valence-corrected chi connectivity index (χ4v) is 7.78. The van der Waals surface area contributed by atoms with Crippen LogP contribution in [-0.4, -0.2) is 86.8 Å². The van der Waals surface area contributed by atoms with Crippen LogP contribution in [0.2, 0.25) is 0 Å². The number of nitrogen functional groups attached to an aromatic ring is 1. The molecule has 1 aromatic heterocycles. The van der Waals surface area contributed by atoms with Crippen LogP contribution in [0.15, 0.2) is 21.8 Å². The molecule has 0 radical (unpaired) electrons. The number of rotatable bonds is 8. The third-order valence-electron chi connectivity index (χ3n) is 6.66. The van der Waals surface area contributed by atoms with Gasteiger partial charge in [-0.15, -0.1) is 34.9 Å². The van der Waals surface area contributed by atoms with Gasteiger partial charge in [0.05, 0.1) is 5.41 Å². The molecule has 4 N–H and O–H groups in total. The molecule has 2 saturated heterocycles. The Labute approximate surface area is 243 Å². The molecule has 4 heterocycles. The van der Waals surface area contributed by atoms with Gasteiger partial charge in [-0.2, -0.15) is 0 Å². The number of hydrogen-bond acceptors (Lipinski definition) is 14. The number of carbonyl (C=O) groups excluding carboxylic acids is 4. The second-order valence-corrected chi connectivity index (χ2v) is 13.3. The molecule has 4 rings (SSSR count). The lowest BCUT2D eigenvalue weighted by Gasteiger charge is -2.57. The van der Waals surface area contributed by atoms with Crippen molar-refractivity contribution in [3.63, 3.8) is 0 Å². The van der Waals surface area contributed by atoms with E-state index in [4.69, 9.17) is 19.9 Å². The SMILES string of the molecule is CSC1(NC(=O)/C(=N\O)c2csc(N)n2)C(=O)N2C(C(=O)OCOC(=O)C(C)(C)C)=C(C3CCOCC3)CS[C@H]21. The zero-order chi connectivity index (χ0) is 29.2. The number of hydrogen-bond donors (Lipinski definition) is 3. The van der Waals surface area contributed by atoms with Crippen molar-refractivity contribution in [3.05, 3.63) is 22.3 Å². The van der Waals surface area contributed by atoms with Crippen LogP contribution in [-0.2, 0) is 33.4 Å². The first-order valence-electron chi connectivity index (χ1n) is 12.4. The number of ether oxygens (including phenoxy) is 3. The molecule has 218 valence electrons. The highest BCUT2D eigenvalue weighted by molar-refractivity contribution is 8.05. The highest BCUT2D eigenvalue weighted by Crippen LogP contribution is 2.52. The van der Waals surface area contributed by atoms with Crippen molar-refractivity contribution in [1.29, 1.82) is 0 Å². The van der Waals surface area contributed by atoms with E-state index < -0.39 is 51.9 Å². The van der Waals surface area contributed by atoms with Crippen molar-refractivity contribution >= 4 is 69.5 Å². The summed E-state index contributed by atoms with van der Waals surface area (Å²) in [6.07, 6.45) is 3.01. The molecule has 2 fully saturated rings. The number of esters is 2. The van der Waals surface area contributed by atoms with E-state index in [-0.39, 0.29) is 22.4 Å². The van der Waals surface area contributed by atoms with Gasteiger partial charge in [-0.05, 0) is 51.4 Å². The van der Waals surface area contributed by atoms with Gasteiger partial charge in [0, 0.05) is 24.3 Å². The van der Waals surface area contributed by atoms with E-state index in [1.54, 1.807) is 27.0 Å². The monoisotopic (exact) mass is 613 g/mol. The van der Waals surface area contributed by atoms with Gasteiger partial charge in [0.1, 0.15) is 16.8 Å². The number of nitrogens with one attached hydrogen (secondary N) is 1. The maximum atomic E-state index is 13.8. The summed E-state index contributed by atoms with van der Waals surface area (Å²) in [6, 6.07) is 0. The standard InChI is InChI=1S/C24H31N5O8S3/c1-23(2,3)21(33)37-11-36-18(31)16-13(12-5-7-35-8-6-12)9-39-20-24(38-4,19(32)29(16)20)27-17(30)15(28-34)14-10-40-22(25)26-14/h10,12,20,34H,5-9,11H2,1-4H3,(H2,25,26)(H,27,30)/b28-15-/t20-,24?/m0/s1. The lowest BCUT2D eigenvalue weighted by Crippen LogP contribution is -2.78. The fourth-order valence-electron chi connectivity index (χ4n) is 4.51. The van der Waals surface area contributed by atoms with Crippen molar-refractivity contribution in [2.45, 2.75) is 43.9 Å². The van der Waals surface area contributed by atoms with Crippen LogP contribution in [0.3, 0.4) is 0 Å². The average Bonchev–Trinajstić information content (AvgIpc) is 3.36. The summed E-state index contributed by atoms with van der Waals surface area (Å²) in [6.45, 7) is 5.48. The number of anilines is 1. The number of carbonyl (C=O) groups is 4. The average molecular weight is 614 g/mol. The van der Waals surface area contributed by atoms with Gasteiger partial charge in [-0.3, -0.25) is 19.3 Å². The quantitative estimate of drug-likeness (QED) is 0.0966. The highest BCUT2D eigenvalue weighted by atomic mass is 32.2. The number of thiazole rings is 1. The molecule has 0 saturated carbocycles. The lowest BCUT2D eigenvalue weighted by molar-refractivity contribution is -0.173. The molecule has 0 spiro atoms. The number of oxime groups is 1. The summed E-state index contributed by atoms with van der Waals surface area (Å²) in [5.74, 6) is -2.29. The summed E-state index contributed by atoms with van der Waals surface area (Å²) < 4.78 is 15.9. The van der Waals surface area contributed by atoms with Gasteiger partial charge in [-0.25, -0.2) is 9.78 Å². The fraction of sp³-hybridized carbons (Fsp3) is 0.583. The number of nitrogens with two attached hydrogens (primary N) is 1. The molecule has 13 nitrogen and oxygen atoms in total. The minimum Gasteiger partial charge on any atom is -0.427 e. The minimum atomic E-state index is -1.45. The summed E-state index contributed by atoms with van der Waals surface area (Å²) in [5, 5.41) is 16.3. The molecule has 0 aliphatic carbocycles. The van der Waals surface area contributed by atoms with Crippen LogP contribution < -0.4 is 11.1 Å². The zero-order valence-electron chi connectivity index (χ0n) is 22.4. The van der Waals surface area contributed by atoms with Gasteiger partial charge in [0.2, 0.25) is 6.79 Å². The molecule has 16 heteroatoms. The smallest absolute Gasteiger partial charge is 0.357 e. The van der Waals surface area contributed by atoms with Gasteiger partial charge in [-0.1, -0.05) is 5.16 Å². The predicted molar refractivity (Wildman–Crippen MR) is 149 cm³/mol. The summed E-state index contributed by atoms with van der Waals surface area (Å²) >= 11 is 3.57. The molecule has 0 aromatic carbocycles. The second-order valence-electron chi connectivity index (χ2n) is 10.2. The third kappa shape index (κ3) is 5.66. The highest BCUT2D eigenvalue weighted by Gasteiger charge is 2.66. The van der Waals surface area contributed by atoms with E-state index in [1.165, 1.54) is 22.0 Å². The Hall–Kier alpha value is -2.82. The Morgan fingerprint density at radius 1 is 1.32 bits per heavy atom. The molecule has 40 heavy (non-hydrogen) atoms. The topological polar surface area (TPSA) is 183 Å². The van der Waals surface area contributed by atoms with E-state index in [0.717, 1.165) is 28.7 Å². The zero-order valence-corrected chi connectivity index (χ0v) is 24.9. The van der Waals surface area contributed by atoms with Crippen molar-refractivity contribution < 1.29 is 38.6 Å². The van der Waals surface area contributed by atoms with Crippen molar-refractivity contribution in [2.24, 2.45) is 16.5 Å². The summed E-state index contributed by atoms with van der Waals surface area (Å²) in [5.41, 5.74) is 5.38. The lowest BCUT2D eigenvalue weighted by atomic mass is 9.89. The maximum absolute atomic E-state index is 13.8. The van der Waals surface area contributed by atoms with Gasteiger partial charge in [0.25, 0.3) is 11.8 Å². The van der Waals surface area contributed by atoms with Crippen molar-refractivity contribution in [2.75, 3.05) is 37.7 Å². The normalized spacial score (nSPS) is 23.8. The van der Waals surface area contributed by atoms with Crippen LogP contribution in [0.5, 0.6) is 0 Å². The predicted octanol–water partition coefficient (Wildman–Crippen LogP) is 1.76. The first-order chi connectivity index (χ1) is 18.9. The van der Waals surface area contributed by atoms with Crippen LogP contribution >= 0.6 is 34.9 Å². The number of thioether (sulfide) groups is 2. The molecular weight excluding hydrogens is 582 g/mol. The Morgan fingerprint density at radius 3 is 2.60 bits per heavy atom. The van der Waals surface area contributed by atoms with Crippen LogP contribution in [0, 0.1) is 11.3 Å². The molecule has 3 aliphatic heterocycles. The van der Waals surface area contributed by atoms with E-state index in [1.807, 2.05) is 0 Å². The van der Waals surface area contributed by atoms with E-state index in [9.17, 15) is 24.4 Å².